The predicted molar refractivity (Wildman–Crippen MR) is 93.9 cm³/mol. The van der Waals surface area contributed by atoms with Gasteiger partial charge in [-0.25, -0.2) is 0 Å². The van der Waals surface area contributed by atoms with Crippen LogP contribution in [0.15, 0.2) is 54.7 Å². The molecule has 114 valence electrons. The summed E-state index contributed by atoms with van der Waals surface area (Å²) in [6, 6.07) is 15.8. The molecule has 0 unspecified atom stereocenters. The number of aromatic amines is 1. The van der Waals surface area contributed by atoms with Crippen LogP contribution < -0.4 is 5.32 Å². The zero-order valence-electron chi connectivity index (χ0n) is 13.1. The summed E-state index contributed by atoms with van der Waals surface area (Å²) in [5, 5.41) is 5.14. The highest BCUT2D eigenvalue weighted by molar-refractivity contribution is 6.10. The van der Waals surface area contributed by atoms with Crippen molar-refractivity contribution in [2.24, 2.45) is 7.05 Å². The highest BCUT2D eigenvalue weighted by Crippen LogP contribution is 2.27. The Labute approximate surface area is 133 Å². The van der Waals surface area contributed by atoms with Crippen LogP contribution in [0, 0.1) is 6.92 Å². The van der Waals surface area contributed by atoms with E-state index in [1.807, 2.05) is 73.3 Å². The molecular weight excluding hydrogens is 286 g/mol. The number of fused-ring (bicyclic) bond motifs is 2. The molecule has 0 aliphatic carbocycles. The van der Waals surface area contributed by atoms with Crippen molar-refractivity contribution < 1.29 is 4.79 Å². The fourth-order valence-electron chi connectivity index (χ4n) is 3.05. The smallest absolute Gasteiger partial charge is 0.255 e. The number of carbonyl (C=O) groups is 1. The summed E-state index contributed by atoms with van der Waals surface area (Å²) < 4.78 is 2.04. The Bertz CT molecular complexity index is 1040. The molecule has 4 nitrogen and oxygen atoms in total. The van der Waals surface area contributed by atoms with Crippen LogP contribution in [0.4, 0.5) is 5.69 Å². The molecule has 2 heterocycles. The van der Waals surface area contributed by atoms with Gasteiger partial charge in [-0.15, -0.1) is 0 Å². The zero-order chi connectivity index (χ0) is 16.0. The number of carbonyl (C=O) groups excluding carboxylic acids is 1. The minimum absolute atomic E-state index is 0.0939. The topological polar surface area (TPSA) is 49.8 Å². The minimum Gasteiger partial charge on any atom is -0.357 e. The number of anilines is 1. The van der Waals surface area contributed by atoms with Crippen molar-refractivity contribution in [3.8, 4) is 0 Å². The van der Waals surface area contributed by atoms with E-state index in [4.69, 9.17) is 0 Å². The first-order chi connectivity index (χ1) is 11.1. The lowest BCUT2D eigenvalue weighted by Crippen LogP contribution is -2.12. The number of amides is 1. The van der Waals surface area contributed by atoms with Crippen LogP contribution in [-0.4, -0.2) is 15.5 Å². The summed E-state index contributed by atoms with van der Waals surface area (Å²) in [6.45, 7) is 1.97. The van der Waals surface area contributed by atoms with Crippen LogP contribution in [0.5, 0.6) is 0 Å². The molecule has 4 aromatic rings. The van der Waals surface area contributed by atoms with Crippen molar-refractivity contribution in [2.45, 2.75) is 6.92 Å². The third-order valence-electron chi connectivity index (χ3n) is 4.28. The maximum atomic E-state index is 12.6. The standard InChI is InChI=1S/C19H17N3O/c1-12-18(15-5-3-4-6-16(15)20-12)21-19(23)14-7-8-17-13(11-14)9-10-22(17)2/h3-11,20H,1-2H3,(H,21,23). The normalized spacial score (nSPS) is 11.2. The van der Waals surface area contributed by atoms with Crippen LogP contribution >= 0.6 is 0 Å². The first kappa shape index (κ1) is 13.6. The van der Waals surface area contributed by atoms with Gasteiger partial charge in [0.15, 0.2) is 0 Å². The first-order valence-corrected chi connectivity index (χ1v) is 7.57. The molecule has 2 N–H and O–H groups in total. The molecular formula is C19H17N3O. The SMILES string of the molecule is Cc1[nH]c2ccccc2c1NC(=O)c1ccc2c(ccn2C)c1. The predicted octanol–water partition coefficient (Wildman–Crippen LogP) is 4.22. The minimum atomic E-state index is -0.0939. The summed E-state index contributed by atoms with van der Waals surface area (Å²) in [5.41, 5.74) is 4.61. The maximum Gasteiger partial charge on any atom is 0.255 e. The van der Waals surface area contributed by atoms with E-state index in [0.29, 0.717) is 5.56 Å². The molecule has 0 radical (unpaired) electrons. The summed E-state index contributed by atoms with van der Waals surface area (Å²) in [6.07, 6.45) is 2.00. The Morgan fingerprint density at radius 2 is 1.96 bits per heavy atom. The van der Waals surface area contributed by atoms with E-state index in [1.165, 1.54) is 0 Å². The molecule has 0 saturated carbocycles. The number of rotatable bonds is 2. The molecule has 2 aromatic heterocycles. The lowest BCUT2D eigenvalue weighted by Gasteiger charge is -2.06. The monoisotopic (exact) mass is 303 g/mol. The molecule has 1 amide bonds. The quantitative estimate of drug-likeness (QED) is 0.572. The Hall–Kier alpha value is -3.01. The number of hydrogen-bond donors (Lipinski definition) is 2. The van der Waals surface area contributed by atoms with Crippen LogP contribution in [0.3, 0.4) is 0 Å². The molecule has 0 aliphatic heterocycles. The number of aromatic nitrogens is 2. The van der Waals surface area contributed by atoms with Crippen molar-refractivity contribution in [2.75, 3.05) is 5.32 Å². The summed E-state index contributed by atoms with van der Waals surface area (Å²) in [5.74, 6) is -0.0939. The van der Waals surface area contributed by atoms with Crippen LogP contribution in [0.25, 0.3) is 21.8 Å². The molecule has 2 aromatic carbocycles. The first-order valence-electron chi connectivity index (χ1n) is 7.57. The second kappa shape index (κ2) is 5.02. The molecule has 0 bridgehead atoms. The van der Waals surface area contributed by atoms with E-state index in [9.17, 15) is 4.79 Å². The summed E-state index contributed by atoms with van der Waals surface area (Å²) in [7, 11) is 2.00. The highest BCUT2D eigenvalue weighted by atomic mass is 16.1. The number of H-pyrrole nitrogens is 1. The molecule has 0 fully saturated rings. The highest BCUT2D eigenvalue weighted by Gasteiger charge is 2.13. The number of hydrogen-bond acceptors (Lipinski definition) is 1. The van der Waals surface area contributed by atoms with Crippen molar-refractivity contribution in [3.63, 3.8) is 0 Å². The van der Waals surface area contributed by atoms with Gasteiger partial charge in [-0.3, -0.25) is 4.79 Å². The molecule has 4 rings (SSSR count). The van der Waals surface area contributed by atoms with Gasteiger partial charge >= 0.3 is 0 Å². The van der Waals surface area contributed by atoms with Gasteiger partial charge in [0.25, 0.3) is 5.91 Å². The van der Waals surface area contributed by atoms with Crippen molar-refractivity contribution >= 4 is 33.4 Å². The van der Waals surface area contributed by atoms with Gasteiger partial charge in [0.2, 0.25) is 0 Å². The Balaban J connectivity index is 1.71. The second-order valence-corrected chi connectivity index (χ2v) is 5.82. The van der Waals surface area contributed by atoms with Gasteiger partial charge in [-0.2, -0.15) is 0 Å². The van der Waals surface area contributed by atoms with Gasteiger partial charge in [0.1, 0.15) is 0 Å². The Morgan fingerprint density at radius 1 is 1.13 bits per heavy atom. The van der Waals surface area contributed by atoms with E-state index in [2.05, 4.69) is 10.3 Å². The van der Waals surface area contributed by atoms with Crippen LogP contribution in [-0.2, 0) is 7.05 Å². The van der Waals surface area contributed by atoms with E-state index in [1.54, 1.807) is 0 Å². The van der Waals surface area contributed by atoms with Gasteiger partial charge in [-0.1, -0.05) is 18.2 Å². The third kappa shape index (κ3) is 2.19. The van der Waals surface area contributed by atoms with Crippen LogP contribution in [0.1, 0.15) is 16.1 Å². The second-order valence-electron chi connectivity index (χ2n) is 5.82. The fourth-order valence-corrected chi connectivity index (χ4v) is 3.05. The van der Waals surface area contributed by atoms with Gasteiger partial charge < -0.3 is 14.9 Å². The zero-order valence-corrected chi connectivity index (χ0v) is 13.1. The van der Waals surface area contributed by atoms with E-state index >= 15 is 0 Å². The number of para-hydroxylation sites is 1. The summed E-state index contributed by atoms with van der Waals surface area (Å²) in [4.78, 5) is 15.9. The van der Waals surface area contributed by atoms with Crippen LogP contribution in [0.2, 0.25) is 0 Å². The maximum absolute atomic E-state index is 12.6. The Morgan fingerprint density at radius 3 is 2.83 bits per heavy atom. The number of benzene rings is 2. The molecule has 23 heavy (non-hydrogen) atoms. The number of nitrogens with zero attached hydrogens (tertiary/aromatic N) is 1. The molecule has 4 heteroatoms. The average Bonchev–Trinajstić information content (AvgIpc) is 3.08. The third-order valence-corrected chi connectivity index (χ3v) is 4.28. The average molecular weight is 303 g/mol. The van der Waals surface area contributed by atoms with Crippen molar-refractivity contribution in [1.82, 2.24) is 9.55 Å². The Kier molecular flexibility index (Phi) is 2.98. The number of nitrogens with one attached hydrogen (secondary N) is 2. The largest absolute Gasteiger partial charge is 0.357 e. The van der Waals surface area contributed by atoms with Gasteiger partial charge in [0.05, 0.1) is 5.69 Å². The molecule has 0 atom stereocenters. The van der Waals surface area contributed by atoms with Gasteiger partial charge in [0, 0.05) is 46.3 Å². The lowest BCUT2D eigenvalue weighted by atomic mass is 10.1. The summed E-state index contributed by atoms with van der Waals surface area (Å²) >= 11 is 0. The fraction of sp³-hybridized carbons (Fsp3) is 0.105. The van der Waals surface area contributed by atoms with E-state index in [-0.39, 0.29) is 5.91 Å². The molecule has 0 aliphatic rings. The van der Waals surface area contributed by atoms with Gasteiger partial charge in [-0.05, 0) is 37.3 Å². The molecule has 0 saturated heterocycles. The van der Waals surface area contributed by atoms with E-state index < -0.39 is 0 Å². The number of aryl methyl sites for hydroxylation is 2. The van der Waals surface area contributed by atoms with Crippen molar-refractivity contribution in [1.29, 1.82) is 0 Å². The van der Waals surface area contributed by atoms with E-state index in [0.717, 1.165) is 33.2 Å². The lowest BCUT2D eigenvalue weighted by molar-refractivity contribution is 0.102. The molecule has 0 spiro atoms. The van der Waals surface area contributed by atoms with Crippen molar-refractivity contribution in [3.05, 3.63) is 66.0 Å².